The Kier molecular flexibility index (Phi) is 6.16. The van der Waals surface area contributed by atoms with Gasteiger partial charge in [0.2, 0.25) is 5.91 Å². The van der Waals surface area contributed by atoms with Gasteiger partial charge in [0.05, 0.1) is 19.2 Å². The van der Waals surface area contributed by atoms with Crippen LogP contribution in [-0.2, 0) is 11.3 Å². The van der Waals surface area contributed by atoms with E-state index in [2.05, 4.69) is 10.2 Å². The van der Waals surface area contributed by atoms with Gasteiger partial charge in [-0.15, -0.1) is 0 Å². The van der Waals surface area contributed by atoms with E-state index in [0.29, 0.717) is 25.2 Å². The molecular formula is C24H31N3O4. The summed E-state index contributed by atoms with van der Waals surface area (Å²) in [5, 5.41) is 13.2. The lowest BCUT2D eigenvalue weighted by molar-refractivity contribution is -0.127. The van der Waals surface area contributed by atoms with Gasteiger partial charge < -0.3 is 19.7 Å². The van der Waals surface area contributed by atoms with Crippen LogP contribution < -0.4 is 15.6 Å². The minimum atomic E-state index is -0.373. The fraction of sp³-hybridized carbons (Fsp3) is 0.500. The summed E-state index contributed by atoms with van der Waals surface area (Å²) in [6, 6.07) is 10.9. The van der Waals surface area contributed by atoms with Crippen molar-refractivity contribution in [2.75, 3.05) is 26.8 Å². The van der Waals surface area contributed by atoms with Crippen molar-refractivity contribution in [3.8, 4) is 16.9 Å². The number of aliphatic hydroxyl groups is 1. The maximum absolute atomic E-state index is 13.4. The molecule has 0 bridgehead atoms. The van der Waals surface area contributed by atoms with Crippen molar-refractivity contribution in [2.45, 2.75) is 38.9 Å². The molecule has 0 radical (unpaired) electrons. The van der Waals surface area contributed by atoms with Crippen molar-refractivity contribution in [2.24, 2.45) is 11.8 Å². The zero-order chi connectivity index (χ0) is 22.1. The maximum atomic E-state index is 13.4. The molecule has 2 aromatic rings. The molecule has 0 unspecified atom stereocenters. The molecule has 1 aromatic carbocycles. The first kappa shape index (κ1) is 21.6. The van der Waals surface area contributed by atoms with E-state index in [0.717, 1.165) is 23.4 Å². The van der Waals surface area contributed by atoms with Crippen LogP contribution in [0.15, 0.2) is 41.2 Å². The molecule has 2 aliphatic heterocycles. The largest absolute Gasteiger partial charge is 0.497 e. The molecule has 0 spiro atoms. The Hall–Kier alpha value is -2.64. The average molecular weight is 426 g/mol. The second-order valence-electron chi connectivity index (χ2n) is 8.34. The Morgan fingerprint density at radius 2 is 1.94 bits per heavy atom. The zero-order valence-corrected chi connectivity index (χ0v) is 18.4. The molecule has 1 aromatic heterocycles. The summed E-state index contributed by atoms with van der Waals surface area (Å²) in [7, 11) is 1.62. The quantitative estimate of drug-likeness (QED) is 0.709. The standard InChI is InChI=1S/C24H31N3O4/c1-4-12-25-23(29)22-19(14-28)18-13-27-20(21(18)26(22)5-2)11-10-17(24(27)30)15-6-8-16(31-3)9-7-15/h6-11,18-19,21-22,28H,4-5,12-14H2,1-3H3,(H,25,29)/t18-,19-,21+,22-/m1/s1. The first-order valence-electron chi connectivity index (χ1n) is 11.1. The fourth-order valence-electron chi connectivity index (χ4n) is 5.32. The molecule has 0 saturated carbocycles. The zero-order valence-electron chi connectivity index (χ0n) is 18.4. The fourth-order valence-corrected chi connectivity index (χ4v) is 5.32. The van der Waals surface area contributed by atoms with Gasteiger partial charge in [0, 0.05) is 42.8 Å². The number of amides is 1. The lowest BCUT2D eigenvalue weighted by atomic mass is 9.88. The van der Waals surface area contributed by atoms with Crippen molar-refractivity contribution in [1.29, 1.82) is 0 Å². The molecule has 31 heavy (non-hydrogen) atoms. The SMILES string of the molecule is CCCNC(=O)[C@H]1[C@H](CO)[C@H]2Cn3c(ccc(-c4ccc(OC)cc4)c3=O)[C@H]2N1CC. The first-order valence-corrected chi connectivity index (χ1v) is 11.1. The number of rotatable bonds is 7. The summed E-state index contributed by atoms with van der Waals surface area (Å²) >= 11 is 0. The number of aromatic nitrogens is 1. The second kappa shape index (κ2) is 8.85. The summed E-state index contributed by atoms with van der Waals surface area (Å²) in [5.74, 6) is 0.545. The van der Waals surface area contributed by atoms with Gasteiger partial charge in [-0.05, 0) is 42.8 Å². The van der Waals surface area contributed by atoms with Gasteiger partial charge in [0.1, 0.15) is 5.75 Å². The highest BCUT2D eigenvalue weighted by atomic mass is 16.5. The number of hydrogen-bond donors (Lipinski definition) is 2. The molecule has 4 rings (SSSR count). The predicted octanol–water partition coefficient (Wildman–Crippen LogP) is 2.03. The van der Waals surface area contributed by atoms with Gasteiger partial charge in [0.15, 0.2) is 0 Å². The second-order valence-corrected chi connectivity index (χ2v) is 8.34. The molecule has 2 aliphatic rings. The Morgan fingerprint density at radius 1 is 1.19 bits per heavy atom. The van der Waals surface area contributed by atoms with E-state index in [1.807, 2.05) is 54.8 Å². The summed E-state index contributed by atoms with van der Waals surface area (Å²) in [5.41, 5.74) is 2.39. The van der Waals surface area contributed by atoms with Crippen LogP contribution in [0.4, 0.5) is 0 Å². The smallest absolute Gasteiger partial charge is 0.258 e. The summed E-state index contributed by atoms with van der Waals surface area (Å²) in [4.78, 5) is 28.4. The van der Waals surface area contributed by atoms with Crippen LogP contribution >= 0.6 is 0 Å². The highest BCUT2D eigenvalue weighted by Crippen LogP contribution is 2.49. The van der Waals surface area contributed by atoms with Crippen LogP contribution in [0.25, 0.3) is 11.1 Å². The number of pyridine rings is 1. The molecule has 0 aliphatic carbocycles. The molecule has 7 heteroatoms. The van der Waals surface area contributed by atoms with Crippen molar-refractivity contribution < 1.29 is 14.6 Å². The van der Waals surface area contributed by atoms with E-state index in [1.54, 1.807) is 7.11 Å². The van der Waals surface area contributed by atoms with Gasteiger partial charge in [-0.25, -0.2) is 0 Å². The third-order valence-electron chi connectivity index (χ3n) is 6.77. The number of methoxy groups -OCH3 is 1. The molecule has 1 amide bonds. The van der Waals surface area contributed by atoms with E-state index in [9.17, 15) is 14.7 Å². The number of nitrogens with zero attached hydrogens (tertiary/aromatic N) is 2. The number of aliphatic hydroxyl groups excluding tert-OH is 1. The predicted molar refractivity (Wildman–Crippen MR) is 119 cm³/mol. The molecule has 2 N–H and O–H groups in total. The lowest BCUT2D eigenvalue weighted by Crippen LogP contribution is -2.48. The Labute approximate surface area is 182 Å². The minimum Gasteiger partial charge on any atom is -0.497 e. The van der Waals surface area contributed by atoms with E-state index in [4.69, 9.17) is 4.74 Å². The summed E-state index contributed by atoms with van der Waals surface area (Å²) < 4.78 is 7.05. The molecule has 3 heterocycles. The van der Waals surface area contributed by atoms with Crippen molar-refractivity contribution in [1.82, 2.24) is 14.8 Å². The number of hydrogen-bond acceptors (Lipinski definition) is 5. The first-order chi connectivity index (χ1) is 15.0. The van der Waals surface area contributed by atoms with Gasteiger partial charge in [-0.3, -0.25) is 14.5 Å². The molecular weight excluding hydrogens is 394 g/mol. The normalized spacial score (nSPS) is 24.6. The topological polar surface area (TPSA) is 83.8 Å². The molecule has 1 saturated heterocycles. The third kappa shape index (κ3) is 3.55. The highest BCUT2D eigenvalue weighted by Gasteiger charge is 2.54. The van der Waals surface area contributed by atoms with Gasteiger partial charge in [-0.2, -0.15) is 0 Å². The molecule has 7 nitrogen and oxygen atoms in total. The maximum Gasteiger partial charge on any atom is 0.258 e. The van der Waals surface area contributed by atoms with Gasteiger partial charge >= 0.3 is 0 Å². The average Bonchev–Trinajstić information content (AvgIpc) is 3.32. The number of nitrogens with one attached hydrogen (secondary N) is 1. The molecule has 4 atom stereocenters. The number of likely N-dealkylation sites (tertiary alicyclic amines) is 1. The van der Waals surface area contributed by atoms with E-state index >= 15 is 0 Å². The van der Waals surface area contributed by atoms with Crippen LogP contribution in [0.5, 0.6) is 5.75 Å². The van der Waals surface area contributed by atoms with E-state index in [1.165, 1.54) is 0 Å². The van der Waals surface area contributed by atoms with E-state index < -0.39 is 0 Å². The molecule has 166 valence electrons. The Balaban J connectivity index is 1.70. The number of carbonyl (C=O) groups is 1. The van der Waals surface area contributed by atoms with Crippen molar-refractivity contribution >= 4 is 5.91 Å². The Bertz CT molecular complexity index is 1000. The van der Waals surface area contributed by atoms with Crippen LogP contribution in [0.1, 0.15) is 32.0 Å². The van der Waals surface area contributed by atoms with Crippen LogP contribution in [0, 0.1) is 11.8 Å². The Morgan fingerprint density at radius 3 is 2.55 bits per heavy atom. The monoisotopic (exact) mass is 425 g/mol. The highest BCUT2D eigenvalue weighted by molar-refractivity contribution is 5.82. The number of fused-ring (bicyclic) bond motifs is 3. The minimum absolute atomic E-state index is 0.0269. The lowest BCUT2D eigenvalue weighted by Gasteiger charge is -2.29. The summed E-state index contributed by atoms with van der Waals surface area (Å²) in [6.45, 7) is 5.80. The van der Waals surface area contributed by atoms with Gasteiger partial charge in [0.25, 0.3) is 5.56 Å². The summed E-state index contributed by atoms with van der Waals surface area (Å²) in [6.07, 6.45) is 0.869. The number of carbonyl (C=O) groups excluding carboxylic acids is 1. The van der Waals surface area contributed by atoms with Crippen LogP contribution in [0.3, 0.4) is 0 Å². The third-order valence-corrected chi connectivity index (χ3v) is 6.77. The number of likely N-dealkylation sites (N-methyl/N-ethyl adjacent to an activating group) is 1. The number of benzene rings is 1. The van der Waals surface area contributed by atoms with Crippen molar-refractivity contribution in [3.05, 3.63) is 52.4 Å². The van der Waals surface area contributed by atoms with Crippen LogP contribution in [0.2, 0.25) is 0 Å². The van der Waals surface area contributed by atoms with Gasteiger partial charge in [-0.1, -0.05) is 26.0 Å². The van der Waals surface area contributed by atoms with E-state index in [-0.39, 0.29) is 42.0 Å². The van der Waals surface area contributed by atoms with Crippen molar-refractivity contribution in [3.63, 3.8) is 0 Å². The molecule has 1 fully saturated rings. The number of ether oxygens (including phenoxy) is 1. The van der Waals surface area contributed by atoms with Crippen LogP contribution in [-0.4, -0.2) is 53.3 Å².